The summed E-state index contributed by atoms with van der Waals surface area (Å²) in [6.07, 6.45) is 11.5. The topological polar surface area (TPSA) is 24.1 Å². The van der Waals surface area contributed by atoms with Crippen LogP contribution in [0.4, 0.5) is 0 Å². The van der Waals surface area contributed by atoms with E-state index in [0.29, 0.717) is 0 Å². The van der Waals surface area contributed by atoms with Gasteiger partial charge in [-0.05, 0) is 88.9 Å². The van der Waals surface area contributed by atoms with Crippen molar-refractivity contribution in [2.24, 2.45) is 0 Å². The molecule has 0 radical (unpaired) electrons. The highest BCUT2D eigenvalue weighted by molar-refractivity contribution is 7.39. The van der Waals surface area contributed by atoms with Gasteiger partial charge in [-0.2, -0.15) is 0 Å². The van der Waals surface area contributed by atoms with E-state index in [1.807, 2.05) is 0 Å². The Bertz CT molecular complexity index is 163. The summed E-state index contributed by atoms with van der Waals surface area (Å²) in [5.41, 5.74) is 2.08. The molecule has 2 heterocycles. The SMILES string of the molecule is C1CNCCCC2CCCNCCCC(C1)P2. The van der Waals surface area contributed by atoms with Crippen molar-refractivity contribution in [1.82, 2.24) is 10.6 Å². The van der Waals surface area contributed by atoms with Crippen molar-refractivity contribution in [1.29, 1.82) is 0 Å². The van der Waals surface area contributed by atoms with Crippen LogP contribution in [0.1, 0.15) is 51.4 Å². The molecule has 0 amide bonds. The van der Waals surface area contributed by atoms with E-state index in [2.05, 4.69) is 10.6 Å². The van der Waals surface area contributed by atoms with Crippen molar-refractivity contribution < 1.29 is 0 Å². The van der Waals surface area contributed by atoms with Gasteiger partial charge in [-0.15, -0.1) is 8.58 Å². The van der Waals surface area contributed by atoms with Gasteiger partial charge in [-0.25, -0.2) is 0 Å². The minimum Gasteiger partial charge on any atom is -0.317 e. The monoisotopic (exact) mass is 256 g/mol. The standard InChI is InChI=1S/C14H29N2P/c1-5-13-6-2-11-16-12-4-8-14(17-13)7-3-10-15-9-1/h13-17H,1-12H2. The Morgan fingerprint density at radius 2 is 0.941 bits per heavy atom. The molecule has 0 aromatic heterocycles. The number of fused-ring (bicyclic) bond motifs is 2. The first-order chi connectivity index (χ1) is 8.45. The van der Waals surface area contributed by atoms with E-state index in [9.17, 15) is 0 Å². The number of rotatable bonds is 0. The van der Waals surface area contributed by atoms with E-state index < -0.39 is 0 Å². The van der Waals surface area contributed by atoms with Crippen LogP contribution in [-0.4, -0.2) is 37.5 Å². The minimum absolute atomic E-state index is 1.04. The van der Waals surface area contributed by atoms with Crippen LogP contribution < -0.4 is 10.6 Å². The van der Waals surface area contributed by atoms with E-state index in [0.717, 1.165) is 11.3 Å². The lowest BCUT2D eigenvalue weighted by molar-refractivity contribution is 0.505. The first-order valence-electron chi connectivity index (χ1n) is 7.62. The summed E-state index contributed by atoms with van der Waals surface area (Å²) >= 11 is 0. The summed E-state index contributed by atoms with van der Waals surface area (Å²) in [5, 5.41) is 7.20. The lowest BCUT2D eigenvalue weighted by Gasteiger charge is -2.27. The van der Waals surface area contributed by atoms with Crippen LogP contribution in [0.25, 0.3) is 0 Å². The molecule has 100 valence electrons. The molecule has 2 aliphatic heterocycles. The van der Waals surface area contributed by atoms with Crippen molar-refractivity contribution in [2.75, 3.05) is 26.2 Å². The molecule has 2 fully saturated rings. The molecule has 2 rings (SSSR count). The Kier molecular flexibility index (Phi) is 6.85. The Balaban J connectivity index is 1.87. The number of nitrogens with one attached hydrogen (secondary N) is 2. The number of hydrogen-bond acceptors (Lipinski definition) is 2. The molecule has 2 saturated heterocycles. The average Bonchev–Trinajstić information content (AvgIpc) is 2.36. The molecule has 2 N–H and O–H groups in total. The fourth-order valence-corrected chi connectivity index (χ4v) is 5.25. The molecule has 2 bridgehead atoms. The minimum atomic E-state index is 1.04. The number of hydrogen-bond donors (Lipinski definition) is 2. The van der Waals surface area contributed by atoms with Crippen LogP contribution in [0.5, 0.6) is 0 Å². The van der Waals surface area contributed by atoms with Crippen molar-refractivity contribution in [3.05, 3.63) is 0 Å². The predicted octanol–water partition coefficient (Wildman–Crippen LogP) is 2.73. The summed E-state index contributed by atoms with van der Waals surface area (Å²) in [7, 11) is 1.26. The van der Waals surface area contributed by atoms with Gasteiger partial charge in [0.15, 0.2) is 0 Å². The zero-order chi connectivity index (χ0) is 11.8. The predicted molar refractivity (Wildman–Crippen MR) is 78.6 cm³/mol. The maximum Gasteiger partial charge on any atom is -0.00487 e. The van der Waals surface area contributed by atoms with Crippen molar-refractivity contribution in [2.45, 2.75) is 62.7 Å². The summed E-state index contributed by atoms with van der Waals surface area (Å²) in [4.78, 5) is 0. The molecule has 0 unspecified atom stereocenters. The molecule has 0 spiro atoms. The molecule has 2 nitrogen and oxygen atoms in total. The molecular weight excluding hydrogens is 227 g/mol. The maximum absolute atomic E-state index is 3.60. The van der Waals surface area contributed by atoms with E-state index in [-0.39, 0.29) is 0 Å². The third-order valence-corrected chi connectivity index (χ3v) is 6.19. The summed E-state index contributed by atoms with van der Waals surface area (Å²) in [5.74, 6) is 0. The van der Waals surface area contributed by atoms with Crippen LogP contribution in [-0.2, 0) is 0 Å². The first-order valence-corrected chi connectivity index (χ1v) is 8.78. The quantitative estimate of drug-likeness (QED) is 0.651. The molecular formula is C14H29N2P. The lowest BCUT2D eigenvalue weighted by atomic mass is 10.1. The van der Waals surface area contributed by atoms with Gasteiger partial charge in [-0.3, -0.25) is 0 Å². The normalized spacial score (nSPS) is 35.3. The fraction of sp³-hybridized carbons (Fsp3) is 1.00. The molecule has 0 aromatic carbocycles. The van der Waals surface area contributed by atoms with Crippen LogP contribution in [0.3, 0.4) is 0 Å². The Morgan fingerprint density at radius 1 is 0.588 bits per heavy atom. The Labute approximate surface area is 108 Å². The Hall–Kier alpha value is 0.350. The fourth-order valence-electron chi connectivity index (χ4n) is 3.10. The molecule has 0 saturated carbocycles. The zero-order valence-corrected chi connectivity index (χ0v) is 12.1. The van der Waals surface area contributed by atoms with Gasteiger partial charge >= 0.3 is 0 Å². The van der Waals surface area contributed by atoms with E-state index in [4.69, 9.17) is 0 Å². The zero-order valence-electron chi connectivity index (χ0n) is 11.1. The third kappa shape index (κ3) is 5.68. The summed E-state index contributed by atoms with van der Waals surface area (Å²) in [6.45, 7) is 5.02. The molecule has 2 aliphatic rings. The second kappa shape index (κ2) is 8.45. The van der Waals surface area contributed by atoms with Gasteiger partial charge in [0, 0.05) is 0 Å². The highest BCUT2D eigenvalue weighted by Crippen LogP contribution is 2.37. The van der Waals surface area contributed by atoms with Crippen LogP contribution in [0.2, 0.25) is 0 Å². The molecule has 3 heteroatoms. The molecule has 0 aliphatic carbocycles. The second-order valence-corrected chi connectivity index (χ2v) is 7.60. The van der Waals surface area contributed by atoms with Gasteiger partial charge in [0.1, 0.15) is 0 Å². The van der Waals surface area contributed by atoms with Crippen molar-refractivity contribution >= 4 is 8.58 Å². The first kappa shape index (κ1) is 13.8. The molecule has 0 aromatic rings. The van der Waals surface area contributed by atoms with Gasteiger partial charge in [-0.1, -0.05) is 0 Å². The lowest BCUT2D eigenvalue weighted by Crippen LogP contribution is -2.25. The largest absolute Gasteiger partial charge is 0.317 e. The van der Waals surface area contributed by atoms with Gasteiger partial charge < -0.3 is 10.6 Å². The highest BCUT2D eigenvalue weighted by atomic mass is 31.1. The van der Waals surface area contributed by atoms with Crippen LogP contribution >= 0.6 is 8.58 Å². The van der Waals surface area contributed by atoms with Crippen molar-refractivity contribution in [3.8, 4) is 0 Å². The van der Waals surface area contributed by atoms with Crippen molar-refractivity contribution in [3.63, 3.8) is 0 Å². The van der Waals surface area contributed by atoms with E-state index in [1.54, 1.807) is 0 Å². The Morgan fingerprint density at radius 3 is 1.29 bits per heavy atom. The van der Waals surface area contributed by atoms with Gasteiger partial charge in [0.2, 0.25) is 0 Å². The smallest absolute Gasteiger partial charge is 0.00487 e. The summed E-state index contributed by atoms with van der Waals surface area (Å²) in [6, 6.07) is 0. The average molecular weight is 256 g/mol. The van der Waals surface area contributed by atoms with Gasteiger partial charge in [0.05, 0.1) is 0 Å². The van der Waals surface area contributed by atoms with E-state index >= 15 is 0 Å². The van der Waals surface area contributed by atoms with Crippen LogP contribution in [0, 0.1) is 0 Å². The third-order valence-electron chi connectivity index (χ3n) is 4.10. The molecule has 17 heavy (non-hydrogen) atoms. The highest BCUT2D eigenvalue weighted by Gasteiger charge is 2.17. The van der Waals surface area contributed by atoms with Crippen LogP contribution in [0.15, 0.2) is 0 Å². The van der Waals surface area contributed by atoms with E-state index in [1.165, 1.54) is 86.1 Å². The molecule has 0 atom stereocenters. The maximum atomic E-state index is 3.60. The summed E-state index contributed by atoms with van der Waals surface area (Å²) < 4.78 is 0. The second-order valence-electron chi connectivity index (χ2n) is 5.63. The van der Waals surface area contributed by atoms with Gasteiger partial charge in [0.25, 0.3) is 0 Å².